The molecule has 0 fully saturated rings. The molecule has 5 heteroatoms. The zero-order valence-electron chi connectivity index (χ0n) is 11.2. The molecule has 1 rings (SSSR count). The second-order valence-electron chi connectivity index (χ2n) is 4.46. The minimum atomic E-state index is -0.356. The van der Waals surface area contributed by atoms with Crippen LogP contribution in [0, 0.1) is 0 Å². The number of ether oxygens (including phenoxy) is 1. The van der Waals surface area contributed by atoms with Gasteiger partial charge in [0.25, 0.3) is 0 Å². The molecule has 0 aliphatic rings. The highest BCUT2D eigenvalue weighted by Crippen LogP contribution is 2.14. The van der Waals surface area contributed by atoms with Gasteiger partial charge >= 0.3 is 0 Å². The molecule has 2 unspecified atom stereocenters. The Morgan fingerprint density at radius 3 is 2.68 bits per heavy atom. The quantitative estimate of drug-likeness (QED) is 0.643. The molecule has 5 nitrogen and oxygen atoms in total. The molecule has 1 aromatic rings. The molecule has 1 amide bonds. The van der Waals surface area contributed by atoms with E-state index in [-0.39, 0.29) is 24.6 Å². The fraction of sp³-hybridized carbons (Fsp3) is 0.500. The number of hydrogen-bond acceptors (Lipinski definition) is 4. The largest absolute Gasteiger partial charge is 0.394 e. The molecule has 0 radical (unpaired) electrons. The molecule has 19 heavy (non-hydrogen) atoms. The molecule has 4 N–H and O–H groups in total. The van der Waals surface area contributed by atoms with Gasteiger partial charge in [0, 0.05) is 19.6 Å². The Balaban J connectivity index is 2.33. The number of nitrogens with one attached hydrogen (secondary N) is 1. The van der Waals surface area contributed by atoms with Crippen LogP contribution in [0.3, 0.4) is 0 Å². The van der Waals surface area contributed by atoms with Crippen molar-refractivity contribution in [2.24, 2.45) is 5.73 Å². The summed E-state index contributed by atoms with van der Waals surface area (Å²) in [6.45, 7) is 0.164. The van der Waals surface area contributed by atoms with Gasteiger partial charge in [-0.05, 0) is 12.0 Å². The molecule has 0 saturated carbocycles. The summed E-state index contributed by atoms with van der Waals surface area (Å²) in [5.74, 6) is -0.123. The number of carbonyl (C=O) groups excluding carboxylic acids is 1. The van der Waals surface area contributed by atoms with E-state index in [0.29, 0.717) is 19.4 Å². The fourth-order valence-corrected chi connectivity index (χ4v) is 1.79. The molecular weight excluding hydrogens is 244 g/mol. The highest BCUT2D eigenvalue weighted by molar-refractivity contribution is 5.76. The number of aliphatic hydroxyl groups excluding tert-OH is 1. The standard InChI is InChI=1S/C14H22N2O3/c1-19-10-12(9-17)16-14(18)8-7-13(15)11-5-3-2-4-6-11/h2-6,12-13,17H,7-10,15H2,1H3,(H,16,18). The summed E-state index contributed by atoms with van der Waals surface area (Å²) >= 11 is 0. The zero-order valence-corrected chi connectivity index (χ0v) is 11.2. The smallest absolute Gasteiger partial charge is 0.220 e. The second kappa shape index (κ2) is 8.63. The van der Waals surface area contributed by atoms with Gasteiger partial charge in [0.2, 0.25) is 5.91 Å². The number of nitrogens with two attached hydrogens (primary N) is 1. The van der Waals surface area contributed by atoms with Crippen molar-refractivity contribution in [3.63, 3.8) is 0 Å². The van der Waals surface area contributed by atoms with E-state index in [0.717, 1.165) is 5.56 Å². The van der Waals surface area contributed by atoms with Crippen molar-refractivity contribution < 1.29 is 14.6 Å². The van der Waals surface area contributed by atoms with Crippen LogP contribution in [0.4, 0.5) is 0 Å². The lowest BCUT2D eigenvalue weighted by Crippen LogP contribution is -2.40. The van der Waals surface area contributed by atoms with Crippen LogP contribution < -0.4 is 11.1 Å². The lowest BCUT2D eigenvalue weighted by molar-refractivity contribution is -0.122. The molecule has 2 atom stereocenters. The maximum absolute atomic E-state index is 11.7. The summed E-state index contributed by atoms with van der Waals surface area (Å²) in [7, 11) is 1.53. The lowest BCUT2D eigenvalue weighted by atomic mass is 10.0. The first kappa shape index (κ1) is 15.6. The summed E-state index contributed by atoms with van der Waals surface area (Å²) in [5.41, 5.74) is 7.03. The van der Waals surface area contributed by atoms with Crippen molar-refractivity contribution in [1.82, 2.24) is 5.32 Å². The molecule has 106 valence electrons. The van der Waals surface area contributed by atoms with Crippen LogP contribution >= 0.6 is 0 Å². The number of benzene rings is 1. The Hall–Kier alpha value is -1.43. The molecule has 0 bridgehead atoms. The first-order chi connectivity index (χ1) is 9.17. The van der Waals surface area contributed by atoms with Gasteiger partial charge in [-0.25, -0.2) is 0 Å². The number of methoxy groups -OCH3 is 1. The first-order valence-electron chi connectivity index (χ1n) is 6.37. The Morgan fingerprint density at radius 2 is 2.11 bits per heavy atom. The van der Waals surface area contributed by atoms with Crippen molar-refractivity contribution >= 4 is 5.91 Å². The summed E-state index contributed by atoms with van der Waals surface area (Å²) < 4.78 is 4.89. The molecule has 0 aliphatic heterocycles. The average Bonchev–Trinajstić information content (AvgIpc) is 2.45. The summed E-state index contributed by atoms with van der Waals surface area (Å²) in [6, 6.07) is 9.17. The molecule has 0 aromatic heterocycles. The van der Waals surface area contributed by atoms with Crippen LogP contribution in [0.25, 0.3) is 0 Å². The van der Waals surface area contributed by atoms with Crippen LogP contribution in [0.2, 0.25) is 0 Å². The summed E-state index contributed by atoms with van der Waals surface area (Å²) in [4.78, 5) is 11.7. The number of aliphatic hydroxyl groups is 1. The molecular formula is C14H22N2O3. The third-order valence-electron chi connectivity index (χ3n) is 2.86. The molecule has 1 aromatic carbocycles. The van der Waals surface area contributed by atoms with Gasteiger partial charge in [-0.1, -0.05) is 30.3 Å². The Morgan fingerprint density at radius 1 is 1.42 bits per heavy atom. The lowest BCUT2D eigenvalue weighted by Gasteiger charge is -2.16. The van der Waals surface area contributed by atoms with E-state index in [4.69, 9.17) is 15.6 Å². The van der Waals surface area contributed by atoms with E-state index in [1.54, 1.807) is 0 Å². The van der Waals surface area contributed by atoms with Gasteiger partial charge < -0.3 is 20.9 Å². The topological polar surface area (TPSA) is 84.6 Å². The zero-order chi connectivity index (χ0) is 14.1. The number of amides is 1. The van der Waals surface area contributed by atoms with E-state index >= 15 is 0 Å². The van der Waals surface area contributed by atoms with Gasteiger partial charge in [0.1, 0.15) is 0 Å². The first-order valence-corrected chi connectivity index (χ1v) is 6.37. The van der Waals surface area contributed by atoms with Crippen molar-refractivity contribution in [2.45, 2.75) is 24.9 Å². The van der Waals surface area contributed by atoms with Gasteiger partial charge in [0.15, 0.2) is 0 Å². The van der Waals surface area contributed by atoms with Crippen LogP contribution in [0.5, 0.6) is 0 Å². The Labute approximate surface area is 113 Å². The predicted molar refractivity (Wildman–Crippen MR) is 73.5 cm³/mol. The van der Waals surface area contributed by atoms with E-state index in [2.05, 4.69) is 5.32 Å². The van der Waals surface area contributed by atoms with E-state index < -0.39 is 0 Å². The van der Waals surface area contributed by atoms with Gasteiger partial charge in [-0.15, -0.1) is 0 Å². The van der Waals surface area contributed by atoms with Crippen LogP contribution in [-0.4, -0.2) is 37.4 Å². The normalized spacial score (nSPS) is 13.8. The van der Waals surface area contributed by atoms with E-state index in [1.165, 1.54) is 7.11 Å². The Kier molecular flexibility index (Phi) is 7.10. The maximum Gasteiger partial charge on any atom is 0.220 e. The van der Waals surface area contributed by atoms with Gasteiger partial charge in [0.05, 0.1) is 19.3 Å². The molecule has 0 saturated heterocycles. The summed E-state index contributed by atoms with van der Waals surface area (Å²) in [5, 5.41) is 11.7. The number of carbonyl (C=O) groups is 1. The number of rotatable bonds is 8. The molecule has 0 spiro atoms. The van der Waals surface area contributed by atoms with Crippen molar-refractivity contribution in [3.05, 3.63) is 35.9 Å². The highest BCUT2D eigenvalue weighted by atomic mass is 16.5. The van der Waals surface area contributed by atoms with Crippen LogP contribution in [0.1, 0.15) is 24.4 Å². The molecule has 0 heterocycles. The van der Waals surface area contributed by atoms with Crippen molar-refractivity contribution in [2.75, 3.05) is 20.3 Å². The fourth-order valence-electron chi connectivity index (χ4n) is 1.79. The van der Waals surface area contributed by atoms with E-state index in [9.17, 15) is 4.79 Å². The SMILES string of the molecule is COCC(CO)NC(=O)CCC(N)c1ccccc1. The monoisotopic (exact) mass is 266 g/mol. The van der Waals surface area contributed by atoms with Gasteiger partial charge in [-0.2, -0.15) is 0 Å². The predicted octanol–water partition coefficient (Wildman–Crippen LogP) is 0.590. The summed E-state index contributed by atoms with van der Waals surface area (Å²) in [6.07, 6.45) is 0.900. The van der Waals surface area contributed by atoms with Crippen molar-refractivity contribution in [1.29, 1.82) is 0 Å². The maximum atomic E-state index is 11.7. The van der Waals surface area contributed by atoms with Crippen LogP contribution in [0.15, 0.2) is 30.3 Å². The van der Waals surface area contributed by atoms with Crippen LogP contribution in [-0.2, 0) is 9.53 Å². The minimum absolute atomic E-state index is 0.123. The second-order valence-corrected chi connectivity index (χ2v) is 4.46. The van der Waals surface area contributed by atoms with Crippen molar-refractivity contribution in [3.8, 4) is 0 Å². The third-order valence-corrected chi connectivity index (χ3v) is 2.86. The Bertz CT molecular complexity index is 370. The molecule has 0 aliphatic carbocycles. The highest BCUT2D eigenvalue weighted by Gasteiger charge is 2.13. The van der Waals surface area contributed by atoms with E-state index in [1.807, 2.05) is 30.3 Å². The minimum Gasteiger partial charge on any atom is -0.394 e. The number of hydrogen-bond donors (Lipinski definition) is 3. The third kappa shape index (κ3) is 5.83. The van der Waals surface area contributed by atoms with Gasteiger partial charge in [-0.3, -0.25) is 4.79 Å². The average molecular weight is 266 g/mol.